The lowest BCUT2D eigenvalue weighted by Crippen LogP contribution is -2.51. The van der Waals surface area contributed by atoms with Crippen molar-refractivity contribution in [3.63, 3.8) is 0 Å². The van der Waals surface area contributed by atoms with Crippen molar-refractivity contribution in [2.45, 2.75) is 45.6 Å². The molecule has 152 valence electrons. The van der Waals surface area contributed by atoms with Crippen LogP contribution in [0.25, 0.3) is 21.7 Å². The van der Waals surface area contributed by atoms with E-state index in [0.29, 0.717) is 23.0 Å². The molecular weight excluding hydrogens is 384 g/mol. The Morgan fingerprint density at radius 2 is 1.90 bits per heavy atom. The molecule has 0 radical (unpaired) electrons. The van der Waals surface area contributed by atoms with E-state index >= 15 is 0 Å². The lowest BCUT2D eigenvalue weighted by Gasteiger charge is -2.38. The summed E-state index contributed by atoms with van der Waals surface area (Å²) in [5.41, 5.74) is 2.59. The van der Waals surface area contributed by atoms with Gasteiger partial charge in [0.15, 0.2) is 0 Å². The number of amides is 1. The summed E-state index contributed by atoms with van der Waals surface area (Å²) in [6.07, 6.45) is 5.30. The molecule has 0 aromatic carbocycles. The smallest absolute Gasteiger partial charge is 0.259 e. The lowest BCUT2D eigenvalue weighted by molar-refractivity contribution is 0.0575. The number of thiophene rings is 1. The average molecular weight is 411 g/mol. The van der Waals surface area contributed by atoms with Gasteiger partial charge < -0.3 is 9.42 Å². The summed E-state index contributed by atoms with van der Waals surface area (Å²) in [6.45, 7) is 7.42. The van der Waals surface area contributed by atoms with Crippen LogP contribution < -0.4 is 0 Å². The first-order chi connectivity index (χ1) is 14.1. The molecule has 0 unspecified atom stereocenters. The van der Waals surface area contributed by atoms with Gasteiger partial charge in [0, 0.05) is 37.1 Å². The molecule has 29 heavy (non-hydrogen) atoms. The van der Waals surface area contributed by atoms with Crippen LogP contribution in [0.4, 0.5) is 0 Å². The Kier molecular flexibility index (Phi) is 4.87. The number of rotatable bonds is 3. The third kappa shape index (κ3) is 3.46. The molecule has 7 heteroatoms. The number of hydrogen-bond acceptors (Lipinski definition) is 6. The first-order valence-electron chi connectivity index (χ1n) is 10.5. The summed E-state index contributed by atoms with van der Waals surface area (Å²) in [4.78, 5) is 24.9. The molecule has 3 aromatic heterocycles. The van der Waals surface area contributed by atoms with E-state index in [0.717, 1.165) is 42.1 Å². The van der Waals surface area contributed by atoms with Gasteiger partial charge in [-0.2, -0.15) is 0 Å². The van der Waals surface area contributed by atoms with Gasteiger partial charge >= 0.3 is 0 Å². The number of fused-ring (bicyclic) bond motifs is 1. The van der Waals surface area contributed by atoms with Crippen molar-refractivity contribution in [3.05, 3.63) is 34.3 Å². The van der Waals surface area contributed by atoms with E-state index in [1.807, 2.05) is 24.0 Å². The zero-order chi connectivity index (χ0) is 20.0. The van der Waals surface area contributed by atoms with Crippen LogP contribution in [0.15, 0.2) is 22.7 Å². The number of carbonyl (C=O) groups excluding carboxylic acids is 1. The summed E-state index contributed by atoms with van der Waals surface area (Å²) < 4.78 is 5.44. The lowest BCUT2D eigenvalue weighted by atomic mass is 10.1. The maximum absolute atomic E-state index is 13.5. The predicted octanol–water partition coefficient (Wildman–Crippen LogP) is 4.27. The van der Waals surface area contributed by atoms with E-state index in [2.05, 4.69) is 28.0 Å². The Morgan fingerprint density at radius 3 is 2.59 bits per heavy atom. The van der Waals surface area contributed by atoms with Gasteiger partial charge in [0.1, 0.15) is 0 Å². The number of pyridine rings is 1. The maximum Gasteiger partial charge on any atom is 0.259 e. The molecule has 2 fully saturated rings. The molecule has 0 atom stereocenters. The van der Waals surface area contributed by atoms with Crippen LogP contribution in [-0.2, 0) is 0 Å². The minimum absolute atomic E-state index is 0.0595. The Morgan fingerprint density at radius 1 is 1.14 bits per heavy atom. The van der Waals surface area contributed by atoms with Gasteiger partial charge in [0.2, 0.25) is 0 Å². The van der Waals surface area contributed by atoms with E-state index in [9.17, 15) is 4.79 Å². The molecule has 0 spiro atoms. The number of aryl methyl sites for hydroxylation is 2. The van der Waals surface area contributed by atoms with Crippen LogP contribution in [-0.4, -0.2) is 58.1 Å². The summed E-state index contributed by atoms with van der Waals surface area (Å²) in [5.74, 6) is 0.0595. The second-order valence-electron chi connectivity index (χ2n) is 8.18. The van der Waals surface area contributed by atoms with Gasteiger partial charge in [-0.05, 0) is 44.9 Å². The van der Waals surface area contributed by atoms with Gasteiger partial charge in [-0.15, -0.1) is 11.3 Å². The molecule has 0 bridgehead atoms. The van der Waals surface area contributed by atoms with Gasteiger partial charge in [-0.3, -0.25) is 9.69 Å². The minimum atomic E-state index is 0.0595. The molecule has 0 N–H and O–H groups in total. The number of hydrogen-bond donors (Lipinski definition) is 0. The highest BCUT2D eigenvalue weighted by Crippen LogP contribution is 2.32. The molecule has 3 aromatic rings. The Labute approximate surface area is 174 Å². The topological polar surface area (TPSA) is 62.5 Å². The highest BCUT2D eigenvalue weighted by Gasteiger charge is 2.30. The first kappa shape index (κ1) is 18.8. The standard InChI is InChI=1S/C22H26N4O2S/c1-14-7-8-19(29-14)18-13-17(20-15(2)24-28-21(20)23-18)22(27)26-11-9-25(10-12-26)16-5-3-4-6-16/h7-8,13,16H,3-6,9-12H2,1-2H3. The molecule has 2 aliphatic rings. The first-order valence-corrected chi connectivity index (χ1v) is 11.3. The van der Waals surface area contributed by atoms with Crippen LogP contribution in [0.5, 0.6) is 0 Å². The molecule has 5 rings (SSSR count). The van der Waals surface area contributed by atoms with Crippen LogP contribution in [0.1, 0.15) is 46.6 Å². The number of aromatic nitrogens is 2. The molecule has 1 aliphatic heterocycles. The molecular formula is C22H26N4O2S. The maximum atomic E-state index is 13.5. The summed E-state index contributed by atoms with van der Waals surface area (Å²) in [6, 6.07) is 6.75. The third-order valence-electron chi connectivity index (χ3n) is 6.28. The third-order valence-corrected chi connectivity index (χ3v) is 7.31. The van der Waals surface area contributed by atoms with E-state index in [-0.39, 0.29) is 5.91 Å². The van der Waals surface area contributed by atoms with Gasteiger partial charge in [-0.1, -0.05) is 18.0 Å². The predicted molar refractivity (Wildman–Crippen MR) is 114 cm³/mol. The highest BCUT2D eigenvalue weighted by atomic mass is 32.1. The molecule has 1 amide bonds. The summed E-state index contributed by atoms with van der Waals surface area (Å²) in [5, 5.41) is 4.82. The van der Waals surface area contributed by atoms with Gasteiger partial charge in [-0.25, -0.2) is 4.98 Å². The normalized spacial score (nSPS) is 18.8. The van der Waals surface area contributed by atoms with Crippen molar-refractivity contribution < 1.29 is 9.32 Å². The quantitative estimate of drug-likeness (QED) is 0.645. The largest absolute Gasteiger partial charge is 0.336 e. The van der Waals surface area contributed by atoms with Crippen LogP contribution >= 0.6 is 11.3 Å². The fraction of sp³-hybridized carbons (Fsp3) is 0.500. The molecule has 1 saturated heterocycles. The van der Waals surface area contributed by atoms with Crippen LogP contribution in [0.3, 0.4) is 0 Å². The van der Waals surface area contributed by atoms with Crippen molar-refractivity contribution >= 4 is 28.3 Å². The zero-order valence-electron chi connectivity index (χ0n) is 17.0. The van der Waals surface area contributed by atoms with E-state index in [4.69, 9.17) is 4.52 Å². The van der Waals surface area contributed by atoms with E-state index < -0.39 is 0 Å². The fourth-order valence-corrected chi connectivity index (χ4v) is 5.52. The van der Waals surface area contributed by atoms with Crippen molar-refractivity contribution in [2.75, 3.05) is 26.2 Å². The zero-order valence-corrected chi connectivity index (χ0v) is 17.8. The Balaban J connectivity index is 1.44. The Hall–Kier alpha value is -2.25. The van der Waals surface area contributed by atoms with Crippen molar-refractivity contribution in [1.29, 1.82) is 0 Å². The monoisotopic (exact) mass is 410 g/mol. The highest BCUT2D eigenvalue weighted by molar-refractivity contribution is 7.15. The van der Waals surface area contributed by atoms with Crippen molar-refractivity contribution in [1.82, 2.24) is 19.9 Å². The summed E-state index contributed by atoms with van der Waals surface area (Å²) in [7, 11) is 0. The summed E-state index contributed by atoms with van der Waals surface area (Å²) >= 11 is 1.67. The molecule has 4 heterocycles. The van der Waals surface area contributed by atoms with Crippen LogP contribution in [0, 0.1) is 13.8 Å². The van der Waals surface area contributed by atoms with Gasteiger partial charge in [0.25, 0.3) is 11.6 Å². The minimum Gasteiger partial charge on any atom is -0.336 e. The fourth-order valence-electron chi connectivity index (χ4n) is 4.69. The van der Waals surface area contributed by atoms with Gasteiger partial charge in [0.05, 0.1) is 27.2 Å². The second kappa shape index (κ2) is 7.54. The van der Waals surface area contributed by atoms with Crippen LogP contribution in [0.2, 0.25) is 0 Å². The number of carbonyl (C=O) groups is 1. The number of nitrogens with zero attached hydrogens (tertiary/aromatic N) is 4. The van der Waals surface area contributed by atoms with E-state index in [1.165, 1.54) is 30.6 Å². The Bertz CT molecular complexity index is 1040. The SMILES string of the molecule is Cc1ccc(-c2cc(C(=O)N3CCN(C4CCCC4)CC3)c3c(C)noc3n2)s1. The number of piperazine rings is 1. The second-order valence-corrected chi connectivity index (χ2v) is 9.47. The molecule has 6 nitrogen and oxygen atoms in total. The van der Waals surface area contributed by atoms with Crippen molar-refractivity contribution in [3.8, 4) is 10.6 Å². The van der Waals surface area contributed by atoms with E-state index in [1.54, 1.807) is 11.3 Å². The average Bonchev–Trinajstić information content (AvgIpc) is 3.49. The molecule has 1 saturated carbocycles. The van der Waals surface area contributed by atoms with Crippen molar-refractivity contribution in [2.24, 2.45) is 0 Å². The molecule has 1 aliphatic carbocycles.